The van der Waals surface area contributed by atoms with Crippen LogP contribution in [-0.4, -0.2) is 36.1 Å². The summed E-state index contributed by atoms with van der Waals surface area (Å²) in [4.78, 5) is 22.0. The zero-order valence-corrected chi connectivity index (χ0v) is 13.7. The maximum Gasteiger partial charge on any atom is 0.271 e. The number of hydrogen-bond acceptors (Lipinski definition) is 8. The van der Waals surface area contributed by atoms with Gasteiger partial charge in [-0.3, -0.25) is 10.1 Å². The number of ether oxygens (including phenoxy) is 1. The third-order valence-corrected chi connectivity index (χ3v) is 4.71. The second-order valence-corrected chi connectivity index (χ2v) is 6.47. The Bertz CT molecular complexity index is 618. The standard InChI is InChI=1S/C12H17N5O2S2/c1-6-7(2)20-12(15-6)17-10(18)8-9(13)16-11(21-8)14-4-5-19-3/h4-5,13H2,1-3H3,(H,14,16)(H,15,17,18). The number of nitrogens with one attached hydrogen (secondary N) is 2. The van der Waals surface area contributed by atoms with E-state index in [4.69, 9.17) is 10.5 Å². The number of carbonyl (C=O) groups excluding carboxylic acids is 1. The minimum atomic E-state index is -0.293. The molecule has 0 aliphatic rings. The van der Waals surface area contributed by atoms with Gasteiger partial charge in [0.05, 0.1) is 12.3 Å². The van der Waals surface area contributed by atoms with E-state index in [0.29, 0.717) is 28.3 Å². The molecule has 0 aliphatic heterocycles. The van der Waals surface area contributed by atoms with Crippen molar-refractivity contribution < 1.29 is 9.53 Å². The van der Waals surface area contributed by atoms with Gasteiger partial charge in [0.1, 0.15) is 10.7 Å². The Balaban J connectivity index is 2.05. The number of nitrogens with two attached hydrogens (primary N) is 1. The molecule has 2 aromatic heterocycles. The first-order valence-corrected chi connectivity index (χ1v) is 7.89. The van der Waals surface area contributed by atoms with Gasteiger partial charge in [-0.05, 0) is 13.8 Å². The molecule has 21 heavy (non-hydrogen) atoms. The second-order valence-electron chi connectivity index (χ2n) is 4.27. The van der Waals surface area contributed by atoms with Crippen molar-refractivity contribution in [1.29, 1.82) is 0 Å². The van der Waals surface area contributed by atoms with Crippen molar-refractivity contribution in [3.8, 4) is 0 Å². The zero-order chi connectivity index (χ0) is 15.4. The number of thiazole rings is 2. The normalized spacial score (nSPS) is 10.6. The number of methoxy groups -OCH3 is 1. The molecule has 0 saturated carbocycles. The summed E-state index contributed by atoms with van der Waals surface area (Å²) in [6.07, 6.45) is 0. The van der Waals surface area contributed by atoms with Crippen molar-refractivity contribution in [2.45, 2.75) is 13.8 Å². The Kier molecular flexibility index (Phi) is 5.10. The Morgan fingerprint density at radius 3 is 2.67 bits per heavy atom. The molecule has 2 aromatic rings. The molecule has 0 radical (unpaired) electrons. The summed E-state index contributed by atoms with van der Waals surface area (Å²) in [7, 11) is 1.62. The average Bonchev–Trinajstić information content (AvgIpc) is 2.93. The number of nitrogen functional groups attached to an aromatic ring is 1. The summed E-state index contributed by atoms with van der Waals surface area (Å²) in [5.41, 5.74) is 6.70. The fraction of sp³-hybridized carbons (Fsp3) is 0.417. The highest BCUT2D eigenvalue weighted by molar-refractivity contribution is 7.18. The SMILES string of the molecule is COCCNc1nc(N)c(C(=O)Nc2nc(C)c(C)s2)s1. The van der Waals surface area contributed by atoms with Crippen molar-refractivity contribution >= 4 is 44.7 Å². The highest BCUT2D eigenvalue weighted by Crippen LogP contribution is 2.27. The number of nitrogens with zero attached hydrogens (tertiary/aromatic N) is 2. The van der Waals surface area contributed by atoms with Gasteiger partial charge >= 0.3 is 0 Å². The molecule has 0 spiro atoms. The number of carbonyl (C=O) groups is 1. The van der Waals surface area contributed by atoms with Crippen LogP contribution >= 0.6 is 22.7 Å². The molecule has 2 heterocycles. The van der Waals surface area contributed by atoms with Gasteiger partial charge < -0.3 is 15.8 Å². The van der Waals surface area contributed by atoms with Gasteiger partial charge in [-0.1, -0.05) is 11.3 Å². The van der Waals surface area contributed by atoms with Crippen molar-refractivity contribution in [2.75, 3.05) is 36.6 Å². The third kappa shape index (κ3) is 3.90. The predicted molar refractivity (Wildman–Crippen MR) is 86.4 cm³/mol. The largest absolute Gasteiger partial charge is 0.383 e. The molecule has 0 bridgehead atoms. The van der Waals surface area contributed by atoms with Crippen LogP contribution < -0.4 is 16.4 Å². The molecular formula is C12H17N5O2S2. The van der Waals surface area contributed by atoms with Gasteiger partial charge in [-0.2, -0.15) is 0 Å². The molecule has 0 aliphatic carbocycles. The number of hydrogen-bond donors (Lipinski definition) is 3. The summed E-state index contributed by atoms with van der Waals surface area (Å²) in [6.45, 7) is 5.02. The first-order chi connectivity index (χ1) is 10.0. The molecule has 114 valence electrons. The Morgan fingerprint density at radius 2 is 2.05 bits per heavy atom. The smallest absolute Gasteiger partial charge is 0.271 e. The summed E-state index contributed by atoms with van der Waals surface area (Å²) in [6, 6.07) is 0. The van der Waals surface area contributed by atoms with E-state index in [1.807, 2.05) is 13.8 Å². The van der Waals surface area contributed by atoms with Crippen LogP contribution in [0, 0.1) is 13.8 Å². The lowest BCUT2D eigenvalue weighted by atomic mass is 10.4. The minimum absolute atomic E-state index is 0.211. The molecule has 2 rings (SSSR count). The summed E-state index contributed by atoms with van der Waals surface area (Å²) in [5, 5.41) is 6.96. The van der Waals surface area contributed by atoms with Gasteiger partial charge in [0.15, 0.2) is 10.3 Å². The summed E-state index contributed by atoms with van der Waals surface area (Å²) in [5.74, 6) is -0.0824. The maximum atomic E-state index is 12.2. The van der Waals surface area contributed by atoms with Gasteiger partial charge in [0.2, 0.25) is 0 Å². The predicted octanol–water partition coefficient (Wildman–Crippen LogP) is 2.11. The van der Waals surface area contributed by atoms with Crippen LogP contribution in [0.15, 0.2) is 0 Å². The number of amides is 1. The number of anilines is 3. The van der Waals surface area contributed by atoms with Crippen LogP contribution in [0.3, 0.4) is 0 Å². The fourth-order valence-electron chi connectivity index (χ4n) is 1.51. The van der Waals surface area contributed by atoms with Crippen LogP contribution in [-0.2, 0) is 4.74 Å². The lowest BCUT2D eigenvalue weighted by molar-refractivity contribution is 0.103. The highest BCUT2D eigenvalue weighted by Gasteiger charge is 2.17. The summed E-state index contributed by atoms with van der Waals surface area (Å²) < 4.78 is 4.94. The first kappa shape index (κ1) is 15.7. The Labute approximate surface area is 130 Å². The third-order valence-electron chi connectivity index (χ3n) is 2.69. The van der Waals surface area contributed by atoms with Crippen molar-refractivity contribution in [2.24, 2.45) is 0 Å². The van der Waals surface area contributed by atoms with Crippen LogP contribution in [0.1, 0.15) is 20.2 Å². The van der Waals surface area contributed by atoms with E-state index < -0.39 is 0 Å². The van der Waals surface area contributed by atoms with Gasteiger partial charge in [0, 0.05) is 18.5 Å². The molecule has 4 N–H and O–H groups in total. The van der Waals surface area contributed by atoms with Crippen LogP contribution in [0.5, 0.6) is 0 Å². The number of aromatic nitrogens is 2. The van der Waals surface area contributed by atoms with Crippen molar-refractivity contribution in [3.05, 3.63) is 15.4 Å². The van der Waals surface area contributed by atoms with E-state index in [1.54, 1.807) is 7.11 Å². The second kappa shape index (κ2) is 6.83. The van der Waals surface area contributed by atoms with E-state index in [1.165, 1.54) is 22.7 Å². The van der Waals surface area contributed by atoms with Gasteiger partial charge in [0.25, 0.3) is 5.91 Å². The molecule has 7 nitrogen and oxygen atoms in total. The lowest BCUT2D eigenvalue weighted by Gasteiger charge is -1.99. The lowest BCUT2D eigenvalue weighted by Crippen LogP contribution is -2.11. The van der Waals surface area contributed by atoms with E-state index in [-0.39, 0.29) is 11.7 Å². The van der Waals surface area contributed by atoms with E-state index in [2.05, 4.69) is 20.6 Å². The van der Waals surface area contributed by atoms with Crippen molar-refractivity contribution in [3.63, 3.8) is 0 Å². The molecule has 0 fully saturated rings. The molecule has 1 amide bonds. The number of aryl methyl sites for hydroxylation is 2. The molecular weight excluding hydrogens is 310 g/mol. The highest BCUT2D eigenvalue weighted by atomic mass is 32.1. The topological polar surface area (TPSA) is 102 Å². The van der Waals surface area contributed by atoms with Crippen LogP contribution in [0.2, 0.25) is 0 Å². The Morgan fingerprint density at radius 1 is 1.29 bits per heavy atom. The quantitative estimate of drug-likeness (QED) is 0.702. The first-order valence-electron chi connectivity index (χ1n) is 6.25. The molecule has 0 unspecified atom stereocenters. The number of rotatable bonds is 6. The van der Waals surface area contributed by atoms with Gasteiger partial charge in [-0.15, -0.1) is 11.3 Å². The monoisotopic (exact) mass is 327 g/mol. The van der Waals surface area contributed by atoms with E-state index in [9.17, 15) is 4.79 Å². The summed E-state index contributed by atoms with van der Waals surface area (Å²) >= 11 is 2.65. The molecule has 9 heteroatoms. The maximum absolute atomic E-state index is 12.2. The van der Waals surface area contributed by atoms with Gasteiger partial charge in [-0.25, -0.2) is 9.97 Å². The van der Waals surface area contributed by atoms with Crippen molar-refractivity contribution in [1.82, 2.24) is 9.97 Å². The van der Waals surface area contributed by atoms with E-state index in [0.717, 1.165) is 10.6 Å². The van der Waals surface area contributed by atoms with Crippen LogP contribution in [0.4, 0.5) is 16.1 Å². The molecule has 0 saturated heterocycles. The Hall–Kier alpha value is -1.71. The van der Waals surface area contributed by atoms with Crippen LogP contribution in [0.25, 0.3) is 0 Å². The van der Waals surface area contributed by atoms with E-state index >= 15 is 0 Å². The fourth-order valence-corrected chi connectivity index (χ4v) is 3.13. The molecule has 0 aromatic carbocycles. The minimum Gasteiger partial charge on any atom is -0.383 e. The molecule has 0 atom stereocenters. The average molecular weight is 327 g/mol. The zero-order valence-electron chi connectivity index (χ0n) is 12.0.